The van der Waals surface area contributed by atoms with Gasteiger partial charge in [-0.25, -0.2) is 0 Å². The maximum absolute atomic E-state index is 13.0. The van der Waals surface area contributed by atoms with Crippen LogP contribution in [0.5, 0.6) is 0 Å². The Kier molecular flexibility index (Phi) is 5.95. The van der Waals surface area contributed by atoms with Gasteiger partial charge in [0.1, 0.15) is 0 Å². The molecule has 0 bridgehead atoms. The normalized spacial score (nSPS) is 11.0. The molecular weight excluding hydrogens is 352 g/mol. The first-order valence-corrected chi connectivity index (χ1v) is 9.49. The lowest BCUT2D eigenvalue weighted by Gasteiger charge is -2.22. The summed E-state index contributed by atoms with van der Waals surface area (Å²) in [5.74, 6) is -0.145. The molecule has 3 aromatic rings. The SMILES string of the molecule is Cc1ccc(C(=O)N(CCCO)Cc2cc3ccc(C)c(C)c3[nH]c2=O)cc1. The Morgan fingerprint density at radius 3 is 2.46 bits per heavy atom. The van der Waals surface area contributed by atoms with Crippen LogP contribution in [0.15, 0.2) is 47.3 Å². The lowest BCUT2D eigenvalue weighted by molar-refractivity contribution is 0.0731. The fraction of sp³-hybridized carbons (Fsp3) is 0.304. The molecule has 2 aromatic carbocycles. The Morgan fingerprint density at radius 1 is 1.07 bits per heavy atom. The first kappa shape index (κ1) is 19.8. The number of aromatic nitrogens is 1. The van der Waals surface area contributed by atoms with Crippen LogP contribution >= 0.6 is 0 Å². The average molecular weight is 378 g/mol. The predicted octanol–water partition coefficient (Wildman–Crippen LogP) is 3.48. The number of hydrogen-bond acceptors (Lipinski definition) is 3. The van der Waals surface area contributed by atoms with Gasteiger partial charge in [-0.3, -0.25) is 9.59 Å². The minimum Gasteiger partial charge on any atom is -0.396 e. The van der Waals surface area contributed by atoms with E-state index in [2.05, 4.69) is 4.98 Å². The largest absolute Gasteiger partial charge is 0.396 e. The van der Waals surface area contributed by atoms with Crippen molar-refractivity contribution >= 4 is 16.8 Å². The number of fused-ring (bicyclic) bond motifs is 1. The standard InChI is InChI=1S/C23H26N2O3/c1-15-5-8-18(9-6-15)23(28)25(11-4-12-26)14-20-13-19-10-7-16(2)17(3)21(19)24-22(20)27/h5-10,13,26H,4,11-12,14H2,1-3H3,(H,24,27). The summed E-state index contributed by atoms with van der Waals surface area (Å²) in [7, 11) is 0. The number of benzene rings is 2. The van der Waals surface area contributed by atoms with Crippen LogP contribution in [0.25, 0.3) is 10.9 Å². The van der Waals surface area contributed by atoms with Crippen LogP contribution in [0.2, 0.25) is 0 Å². The van der Waals surface area contributed by atoms with Crippen LogP contribution in [0.3, 0.4) is 0 Å². The molecule has 5 nitrogen and oxygen atoms in total. The molecule has 0 aliphatic carbocycles. The van der Waals surface area contributed by atoms with Crippen LogP contribution < -0.4 is 5.56 Å². The van der Waals surface area contributed by atoms with E-state index in [9.17, 15) is 14.7 Å². The van der Waals surface area contributed by atoms with E-state index in [1.807, 2.05) is 51.1 Å². The number of amides is 1. The molecule has 0 saturated heterocycles. The fourth-order valence-electron chi connectivity index (χ4n) is 3.29. The van der Waals surface area contributed by atoms with Gasteiger partial charge in [0, 0.05) is 24.3 Å². The summed E-state index contributed by atoms with van der Waals surface area (Å²) in [5, 5.41) is 10.2. The van der Waals surface area contributed by atoms with Crippen LogP contribution in [-0.2, 0) is 6.54 Å². The van der Waals surface area contributed by atoms with Crippen molar-refractivity contribution in [3.63, 3.8) is 0 Å². The number of aliphatic hydroxyl groups is 1. The predicted molar refractivity (Wildman–Crippen MR) is 112 cm³/mol. The fourth-order valence-corrected chi connectivity index (χ4v) is 3.29. The number of nitrogens with one attached hydrogen (secondary N) is 1. The summed E-state index contributed by atoms with van der Waals surface area (Å²) in [5.41, 5.74) is 5.01. The zero-order valence-corrected chi connectivity index (χ0v) is 16.6. The molecule has 0 atom stereocenters. The van der Waals surface area contributed by atoms with Crippen molar-refractivity contribution in [1.82, 2.24) is 9.88 Å². The van der Waals surface area contributed by atoms with E-state index in [0.29, 0.717) is 24.1 Å². The van der Waals surface area contributed by atoms with Crippen molar-refractivity contribution in [2.24, 2.45) is 0 Å². The van der Waals surface area contributed by atoms with Gasteiger partial charge in [0.2, 0.25) is 0 Å². The second kappa shape index (κ2) is 8.40. The number of carbonyl (C=O) groups excluding carboxylic acids is 1. The van der Waals surface area contributed by atoms with Crippen molar-refractivity contribution in [1.29, 1.82) is 0 Å². The van der Waals surface area contributed by atoms with E-state index < -0.39 is 0 Å². The number of nitrogens with zero attached hydrogens (tertiary/aromatic N) is 1. The van der Waals surface area contributed by atoms with E-state index in [4.69, 9.17) is 0 Å². The first-order valence-electron chi connectivity index (χ1n) is 9.49. The topological polar surface area (TPSA) is 73.4 Å². The molecule has 0 aliphatic heterocycles. The highest BCUT2D eigenvalue weighted by Crippen LogP contribution is 2.20. The molecule has 5 heteroatoms. The summed E-state index contributed by atoms with van der Waals surface area (Å²) >= 11 is 0. The number of aliphatic hydroxyl groups excluding tert-OH is 1. The molecule has 1 amide bonds. The second-order valence-electron chi connectivity index (χ2n) is 7.27. The molecule has 28 heavy (non-hydrogen) atoms. The number of hydrogen-bond donors (Lipinski definition) is 2. The second-order valence-corrected chi connectivity index (χ2v) is 7.27. The molecule has 1 aromatic heterocycles. The van der Waals surface area contributed by atoms with Crippen LogP contribution in [-0.4, -0.2) is 34.0 Å². The van der Waals surface area contributed by atoms with Gasteiger partial charge in [0.25, 0.3) is 11.5 Å². The van der Waals surface area contributed by atoms with Crippen molar-refractivity contribution in [2.75, 3.05) is 13.2 Å². The average Bonchev–Trinajstić information content (AvgIpc) is 2.69. The minimum absolute atomic E-state index is 0.00970. The Bertz CT molecular complexity index is 1050. The van der Waals surface area contributed by atoms with E-state index in [0.717, 1.165) is 27.6 Å². The van der Waals surface area contributed by atoms with Crippen molar-refractivity contribution in [3.8, 4) is 0 Å². The molecule has 3 rings (SSSR count). The molecule has 0 aliphatic rings. The smallest absolute Gasteiger partial charge is 0.254 e. The molecule has 0 unspecified atom stereocenters. The van der Waals surface area contributed by atoms with Gasteiger partial charge in [0.15, 0.2) is 0 Å². The Labute approximate surface area is 164 Å². The van der Waals surface area contributed by atoms with Crippen LogP contribution in [0, 0.1) is 20.8 Å². The van der Waals surface area contributed by atoms with Crippen molar-refractivity contribution in [2.45, 2.75) is 33.7 Å². The Hall–Kier alpha value is -2.92. The molecule has 0 spiro atoms. The summed E-state index contributed by atoms with van der Waals surface area (Å²) in [4.78, 5) is 30.2. The highest BCUT2D eigenvalue weighted by Gasteiger charge is 2.18. The molecule has 2 N–H and O–H groups in total. The van der Waals surface area contributed by atoms with Gasteiger partial charge in [-0.05, 0) is 61.9 Å². The number of rotatable bonds is 6. The monoisotopic (exact) mass is 378 g/mol. The third kappa shape index (κ3) is 4.15. The maximum Gasteiger partial charge on any atom is 0.254 e. The van der Waals surface area contributed by atoms with Gasteiger partial charge in [-0.15, -0.1) is 0 Å². The molecule has 146 valence electrons. The van der Waals surface area contributed by atoms with E-state index in [-0.39, 0.29) is 24.6 Å². The van der Waals surface area contributed by atoms with Crippen LogP contribution in [0.4, 0.5) is 0 Å². The molecule has 0 saturated carbocycles. The van der Waals surface area contributed by atoms with Gasteiger partial charge in [0.05, 0.1) is 12.1 Å². The summed E-state index contributed by atoms with van der Waals surface area (Å²) in [6.45, 7) is 6.54. The zero-order valence-electron chi connectivity index (χ0n) is 16.6. The number of carbonyl (C=O) groups is 1. The molecule has 0 fully saturated rings. The van der Waals surface area contributed by atoms with E-state index in [1.165, 1.54) is 0 Å². The summed E-state index contributed by atoms with van der Waals surface area (Å²) < 4.78 is 0. The summed E-state index contributed by atoms with van der Waals surface area (Å²) in [6.07, 6.45) is 0.460. The number of aryl methyl sites for hydroxylation is 3. The van der Waals surface area contributed by atoms with Gasteiger partial charge in [-0.2, -0.15) is 0 Å². The molecular formula is C23H26N2O3. The Morgan fingerprint density at radius 2 is 1.79 bits per heavy atom. The number of pyridine rings is 1. The van der Waals surface area contributed by atoms with Gasteiger partial charge in [-0.1, -0.05) is 29.8 Å². The quantitative estimate of drug-likeness (QED) is 0.690. The molecule has 1 heterocycles. The zero-order chi connectivity index (χ0) is 20.3. The number of aromatic amines is 1. The third-order valence-electron chi connectivity index (χ3n) is 5.16. The lowest BCUT2D eigenvalue weighted by atomic mass is 10.0. The summed E-state index contributed by atoms with van der Waals surface area (Å²) in [6, 6.07) is 13.2. The number of H-pyrrole nitrogens is 1. The van der Waals surface area contributed by atoms with Gasteiger partial charge >= 0.3 is 0 Å². The van der Waals surface area contributed by atoms with Gasteiger partial charge < -0.3 is 15.0 Å². The van der Waals surface area contributed by atoms with Crippen molar-refractivity contribution in [3.05, 3.63) is 80.6 Å². The lowest BCUT2D eigenvalue weighted by Crippen LogP contribution is -2.34. The van der Waals surface area contributed by atoms with E-state index in [1.54, 1.807) is 17.0 Å². The first-order chi connectivity index (χ1) is 13.4. The van der Waals surface area contributed by atoms with Crippen molar-refractivity contribution < 1.29 is 9.90 Å². The van der Waals surface area contributed by atoms with E-state index >= 15 is 0 Å². The highest BCUT2D eigenvalue weighted by molar-refractivity contribution is 5.94. The van der Waals surface area contributed by atoms with Crippen LogP contribution in [0.1, 0.15) is 39.0 Å². The third-order valence-corrected chi connectivity index (χ3v) is 5.16. The maximum atomic E-state index is 13.0. The molecule has 0 radical (unpaired) electrons. The minimum atomic E-state index is -0.188. The Balaban J connectivity index is 1.95. The highest BCUT2D eigenvalue weighted by atomic mass is 16.3.